The van der Waals surface area contributed by atoms with Gasteiger partial charge in [-0.2, -0.15) is 0 Å². The lowest BCUT2D eigenvalue weighted by Gasteiger charge is -2.08. The van der Waals surface area contributed by atoms with E-state index in [1.807, 2.05) is 31.2 Å². The number of carbonyl (C=O) groups is 1. The first kappa shape index (κ1) is 15.8. The summed E-state index contributed by atoms with van der Waals surface area (Å²) in [6.45, 7) is 6.83. The van der Waals surface area contributed by atoms with Gasteiger partial charge in [0.25, 0.3) is 0 Å². The summed E-state index contributed by atoms with van der Waals surface area (Å²) in [6.07, 6.45) is 2.59. The average molecular weight is 325 g/mol. The monoisotopic (exact) mass is 324 g/mol. The summed E-state index contributed by atoms with van der Waals surface area (Å²) < 4.78 is 1.07. The van der Waals surface area contributed by atoms with Crippen LogP contribution in [0.3, 0.4) is 0 Å². The SMILES string of the molecule is C/C(=C\NC(=O)NCCc1ccc(Br)cc1)C(C)C. The summed E-state index contributed by atoms with van der Waals surface area (Å²) in [5, 5.41) is 5.57. The summed E-state index contributed by atoms with van der Waals surface area (Å²) in [6, 6.07) is 7.95. The number of halogens is 1. The lowest BCUT2D eigenvalue weighted by molar-refractivity contribution is 0.244. The molecule has 0 saturated carbocycles. The van der Waals surface area contributed by atoms with E-state index in [4.69, 9.17) is 0 Å². The van der Waals surface area contributed by atoms with Gasteiger partial charge in [-0.25, -0.2) is 4.79 Å². The van der Waals surface area contributed by atoms with E-state index in [-0.39, 0.29) is 6.03 Å². The van der Waals surface area contributed by atoms with Crippen LogP contribution in [-0.2, 0) is 6.42 Å². The first-order valence-electron chi connectivity index (χ1n) is 6.44. The predicted octanol–water partition coefficient (Wildman–Crippen LogP) is 3.85. The number of amides is 2. The normalized spacial score (nSPS) is 11.5. The Bertz CT molecular complexity index is 438. The highest BCUT2D eigenvalue weighted by atomic mass is 79.9. The molecule has 0 heterocycles. The zero-order valence-corrected chi connectivity index (χ0v) is 13.3. The Morgan fingerprint density at radius 2 is 1.95 bits per heavy atom. The molecule has 0 aromatic heterocycles. The van der Waals surface area contributed by atoms with Gasteiger partial charge in [0.15, 0.2) is 0 Å². The molecule has 2 amide bonds. The number of urea groups is 1. The smallest absolute Gasteiger partial charge is 0.318 e. The van der Waals surface area contributed by atoms with Gasteiger partial charge in [-0.1, -0.05) is 47.5 Å². The van der Waals surface area contributed by atoms with Gasteiger partial charge in [-0.3, -0.25) is 0 Å². The summed E-state index contributed by atoms with van der Waals surface area (Å²) in [5.74, 6) is 0.447. The highest BCUT2D eigenvalue weighted by Gasteiger charge is 2.00. The van der Waals surface area contributed by atoms with Crippen LogP contribution in [0.25, 0.3) is 0 Å². The van der Waals surface area contributed by atoms with Crippen molar-refractivity contribution in [2.75, 3.05) is 6.54 Å². The van der Waals surface area contributed by atoms with Crippen LogP contribution in [-0.4, -0.2) is 12.6 Å². The minimum absolute atomic E-state index is 0.155. The highest BCUT2D eigenvalue weighted by Crippen LogP contribution is 2.10. The number of benzene rings is 1. The number of hydrogen-bond acceptors (Lipinski definition) is 1. The molecule has 0 aliphatic heterocycles. The standard InChI is InChI=1S/C15H21BrN2O/c1-11(2)12(3)10-18-15(19)17-9-8-13-4-6-14(16)7-5-13/h4-7,10-11H,8-9H2,1-3H3,(H2,17,18,19)/b12-10+. The third-order valence-corrected chi connectivity index (χ3v) is 3.48. The first-order valence-corrected chi connectivity index (χ1v) is 7.24. The molecule has 4 heteroatoms. The van der Waals surface area contributed by atoms with Crippen molar-refractivity contribution in [1.29, 1.82) is 0 Å². The minimum Gasteiger partial charge on any atom is -0.338 e. The molecule has 0 atom stereocenters. The molecule has 0 bridgehead atoms. The molecule has 104 valence electrons. The third-order valence-electron chi connectivity index (χ3n) is 2.95. The fraction of sp³-hybridized carbons (Fsp3) is 0.400. The van der Waals surface area contributed by atoms with Crippen molar-refractivity contribution in [3.63, 3.8) is 0 Å². The van der Waals surface area contributed by atoms with Gasteiger partial charge >= 0.3 is 6.03 Å². The average Bonchev–Trinajstić information content (AvgIpc) is 2.38. The lowest BCUT2D eigenvalue weighted by Crippen LogP contribution is -2.33. The molecule has 2 N–H and O–H groups in total. The topological polar surface area (TPSA) is 41.1 Å². The van der Waals surface area contributed by atoms with Crippen LogP contribution in [0.1, 0.15) is 26.3 Å². The first-order chi connectivity index (χ1) is 8.99. The van der Waals surface area contributed by atoms with Crippen molar-refractivity contribution in [2.45, 2.75) is 27.2 Å². The van der Waals surface area contributed by atoms with Crippen molar-refractivity contribution in [2.24, 2.45) is 5.92 Å². The number of allylic oxidation sites excluding steroid dienone is 1. The molecule has 1 aromatic carbocycles. The van der Waals surface area contributed by atoms with E-state index in [0.717, 1.165) is 16.5 Å². The van der Waals surface area contributed by atoms with E-state index in [1.54, 1.807) is 6.20 Å². The van der Waals surface area contributed by atoms with Crippen molar-refractivity contribution >= 4 is 22.0 Å². The fourth-order valence-electron chi connectivity index (χ4n) is 1.37. The Morgan fingerprint density at radius 1 is 1.32 bits per heavy atom. The van der Waals surface area contributed by atoms with Crippen LogP contribution in [0.2, 0.25) is 0 Å². The second-order valence-electron chi connectivity index (χ2n) is 4.82. The van der Waals surface area contributed by atoms with Gasteiger partial charge < -0.3 is 10.6 Å². The maximum absolute atomic E-state index is 11.5. The van der Waals surface area contributed by atoms with Gasteiger partial charge in [0.05, 0.1) is 0 Å². The summed E-state index contributed by atoms with van der Waals surface area (Å²) >= 11 is 3.40. The van der Waals surface area contributed by atoms with Crippen molar-refractivity contribution in [1.82, 2.24) is 10.6 Å². The van der Waals surface area contributed by atoms with E-state index >= 15 is 0 Å². The second kappa shape index (κ2) is 8.00. The van der Waals surface area contributed by atoms with Crippen molar-refractivity contribution < 1.29 is 4.79 Å². The Kier molecular flexibility index (Phi) is 6.64. The van der Waals surface area contributed by atoms with Crippen molar-refractivity contribution in [3.8, 4) is 0 Å². The van der Waals surface area contributed by atoms with Gasteiger partial charge in [-0.05, 0) is 37.0 Å². The highest BCUT2D eigenvalue weighted by molar-refractivity contribution is 9.10. The maximum Gasteiger partial charge on any atom is 0.318 e. The van der Waals surface area contributed by atoms with Crippen LogP contribution >= 0.6 is 15.9 Å². The van der Waals surface area contributed by atoms with Crippen LogP contribution in [0.4, 0.5) is 4.79 Å². The molecule has 0 aliphatic rings. The molecule has 0 aliphatic carbocycles. The lowest BCUT2D eigenvalue weighted by atomic mass is 10.1. The number of nitrogens with one attached hydrogen (secondary N) is 2. The van der Waals surface area contributed by atoms with Gasteiger partial charge in [0, 0.05) is 17.2 Å². The third kappa shape index (κ3) is 6.43. The van der Waals surface area contributed by atoms with Gasteiger partial charge in [0.1, 0.15) is 0 Å². The Balaban J connectivity index is 2.27. The molecule has 0 fully saturated rings. The van der Waals surface area contributed by atoms with Gasteiger partial charge in [-0.15, -0.1) is 0 Å². The molecular weight excluding hydrogens is 304 g/mol. The zero-order chi connectivity index (χ0) is 14.3. The molecule has 1 rings (SSSR count). The number of carbonyl (C=O) groups excluding carboxylic acids is 1. The molecule has 0 saturated heterocycles. The van der Waals surface area contributed by atoms with Crippen LogP contribution in [0.15, 0.2) is 40.5 Å². The Labute approximate surface area is 123 Å². The van der Waals surface area contributed by atoms with Crippen LogP contribution in [0.5, 0.6) is 0 Å². The molecule has 3 nitrogen and oxygen atoms in total. The van der Waals surface area contributed by atoms with E-state index in [2.05, 4.69) is 40.4 Å². The van der Waals surface area contributed by atoms with E-state index in [0.29, 0.717) is 12.5 Å². The number of rotatable bonds is 5. The largest absolute Gasteiger partial charge is 0.338 e. The zero-order valence-electron chi connectivity index (χ0n) is 11.7. The molecule has 0 radical (unpaired) electrons. The summed E-state index contributed by atoms with van der Waals surface area (Å²) in [4.78, 5) is 11.5. The second-order valence-corrected chi connectivity index (χ2v) is 5.74. The molecule has 1 aromatic rings. The Hall–Kier alpha value is -1.29. The van der Waals surface area contributed by atoms with Crippen LogP contribution in [0, 0.1) is 5.92 Å². The van der Waals surface area contributed by atoms with E-state index in [1.165, 1.54) is 5.56 Å². The van der Waals surface area contributed by atoms with Gasteiger partial charge in [0.2, 0.25) is 0 Å². The summed E-state index contributed by atoms with van der Waals surface area (Å²) in [7, 11) is 0. The van der Waals surface area contributed by atoms with E-state index in [9.17, 15) is 4.79 Å². The maximum atomic E-state index is 11.5. The van der Waals surface area contributed by atoms with E-state index < -0.39 is 0 Å². The molecule has 0 spiro atoms. The van der Waals surface area contributed by atoms with Crippen LogP contribution < -0.4 is 10.6 Å². The Morgan fingerprint density at radius 3 is 2.53 bits per heavy atom. The molecular formula is C15H21BrN2O. The fourth-order valence-corrected chi connectivity index (χ4v) is 1.63. The summed E-state index contributed by atoms with van der Waals surface area (Å²) in [5.41, 5.74) is 2.36. The minimum atomic E-state index is -0.155. The predicted molar refractivity (Wildman–Crippen MR) is 83.0 cm³/mol. The van der Waals surface area contributed by atoms with Crippen molar-refractivity contribution in [3.05, 3.63) is 46.1 Å². The quantitative estimate of drug-likeness (QED) is 0.848. The molecule has 0 unspecified atom stereocenters. The number of hydrogen-bond donors (Lipinski definition) is 2. The molecule has 19 heavy (non-hydrogen) atoms.